The standard InChI is InChI=1S/C12H22N2O2S/c1-10-9-17-12(14-10)11(2)13-5-4-6-16-8-7-15-3/h9,11,13H,4-8H2,1-3H3. The highest BCUT2D eigenvalue weighted by Crippen LogP contribution is 2.16. The third-order valence-electron chi connectivity index (χ3n) is 2.35. The minimum absolute atomic E-state index is 0.327. The number of nitrogens with one attached hydrogen (secondary N) is 1. The molecule has 0 fully saturated rings. The summed E-state index contributed by atoms with van der Waals surface area (Å²) < 4.78 is 10.3. The first kappa shape index (κ1) is 14.6. The van der Waals surface area contributed by atoms with Gasteiger partial charge in [0.25, 0.3) is 0 Å². The number of thiazole rings is 1. The molecule has 0 spiro atoms. The zero-order chi connectivity index (χ0) is 12.5. The number of nitrogens with zero attached hydrogens (tertiary/aromatic N) is 1. The molecule has 0 saturated heterocycles. The van der Waals surface area contributed by atoms with Gasteiger partial charge in [0.2, 0.25) is 0 Å². The molecule has 0 radical (unpaired) electrons. The fourth-order valence-electron chi connectivity index (χ4n) is 1.40. The van der Waals surface area contributed by atoms with E-state index in [9.17, 15) is 0 Å². The van der Waals surface area contributed by atoms with Crippen LogP contribution in [0.2, 0.25) is 0 Å². The average Bonchev–Trinajstić information content (AvgIpc) is 2.74. The van der Waals surface area contributed by atoms with Gasteiger partial charge in [-0.25, -0.2) is 4.98 Å². The maximum Gasteiger partial charge on any atom is 0.110 e. The monoisotopic (exact) mass is 258 g/mol. The van der Waals surface area contributed by atoms with Crippen LogP contribution in [-0.2, 0) is 9.47 Å². The van der Waals surface area contributed by atoms with Gasteiger partial charge in [0.1, 0.15) is 5.01 Å². The Morgan fingerprint density at radius 2 is 2.24 bits per heavy atom. The molecule has 17 heavy (non-hydrogen) atoms. The van der Waals surface area contributed by atoms with Crippen LogP contribution in [0, 0.1) is 6.92 Å². The molecule has 0 amide bonds. The highest BCUT2D eigenvalue weighted by atomic mass is 32.1. The summed E-state index contributed by atoms with van der Waals surface area (Å²) in [5, 5.41) is 6.68. The van der Waals surface area contributed by atoms with Crippen LogP contribution >= 0.6 is 11.3 Å². The first-order chi connectivity index (χ1) is 8.24. The molecule has 0 bridgehead atoms. The lowest BCUT2D eigenvalue weighted by molar-refractivity contribution is 0.0693. The van der Waals surface area contributed by atoms with Crippen LogP contribution in [0.15, 0.2) is 5.38 Å². The van der Waals surface area contributed by atoms with Crippen LogP contribution in [0.3, 0.4) is 0 Å². The normalized spacial score (nSPS) is 12.9. The summed E-state index contributed by atoms with van der Waals surface area (Å²) in [6, 6.07) is 0.327. The van der Waals surface area contributed by atoms with Crippen molar-refractivity contribution >= 4 is 11.3 Å². The zero-order valence-electron chi connectivity index (χ0n) is 10.9. The minimum atomic E-state index is 0.327. The first-order valence-electron chi connectivity index (χ1n) is 5.96. The highest BCUT2D eigenvalue weighted by molar-refractivity contribution is 7.09. The second-order valence-corrected chi connectivity index (χ2v) is 4.85. The lowest BCUT2D eigenvalue weighted by Crippen LogP contribution is -2.21. The number of methoxy groups -OCH3 is 1. The molecular weight excluding hydrogens is 236 g/mol. The van der Waals surface area contributed by atoms with Crippen LogP contribution in [0.5, 0.6) is 0 Å². The van der Waals surface area contributed by atoms with Gasteiger partial charge in [-0.05, 0) is 26.8 Å². The SMILES string of the molecule is COCCOCCCNC(C)c1nc(C)cs1. The third-order valence-corrected chi connectivity index (χ3v) is 3.50. The summed E-state index contributed by atoms with van der Waals surface area (Å²) in [6.07, 6.45) is 1.01. The van der Waals surface area contributed by atoms with Gasteiger partial charge < -0.3 is 14.8 Å². The van der Waals surface area contributed by atoms with Crippen molar-refractivity contribution in [2.75, 3.05) is 33.5 Å². The molecule has 1 N–H and O–H groups in total. The predicted octanol–water partition coefficient (Wildman–Crippen LogP) is 2.16. The van der Waals surface area contributed by atoms with Crippen LogP contribution in [0.4, 0.5) is 0 Å². The van der Waals surface area contributed by atoms with Gasteiger partial charge in [-0.2, -0.15) is 0 Å². The first-order valence-corrected chi connectivity index (χ1v) is 6.84. The van der Waals surface area contributed by atoms with Gasteiger partial charge in [-0.15, -0.1) is 11.3 Å². The molecule has 1 aromatic rings. The van der Waals surface area contributed by atoms with E-state index >= 15 is 0 Å². The van der Waals surface area contributed by atoms with Crippen molar-refractivity contribution in [3.8, 4) is 0 Å². The third kappa shape index (κ3) is 6.12. The van der Waals surface area contributed by atoms with Crippen molar-refractivity contribution in [3.63, 3.8) is 0 Å². The molecule has 1 unspecified atom stereocenters. The predicted molar refractivity (Wildman–Crippen MR) is 70.6 cm³/mol. The van der Waals surface area contributed by atoms with Crippen LogP contribution in [0.1, 0.15) is 30.1 Å². The largest absolute Gasteiger partial charge is 0.382 e. The molecule has 1 rings (SSSR count). The smallest absolute Gasteiger partial charge is 0.110 e. The van der Waals surface area contributed by atoms with Crippen molar-refractivity contribution < 1.29 is 9.47 Å². The summed E-state index contributed by atoms with van der Waals surface area (Å²) in [5.41, 5.74) is 1.10. The highest BCUT2D eigenvalue weighted by Gasteiger charge is 2.07. The molecular formula is C12H22N2O2S. The maximum absolute atomic E-state index is 5.39. The molecule has 1 aromatic heterocycles. The van der Waals surface area contributed by atoms with Gasteiger partial charge in [0, 0.05) is 24.8 Å². The zero-order valence-corrected chi connectivity index (χ0v) is 11.7. The topological polar surface area (TPSA) is 43.4 Å². The fraction of sp³-hybridized carbons (Fsp3) is 0.750. The Hall–Kier alpha value is -0.490. The van der Waals surface area contributed by atoms with Crippen molar-refractivity contribution in [1.82, 2.24) is 10.3 Å². The van der Waals surface area contributed by atoms with E-state index in [1.807, 2.05) is 6.92 Å². The molecule has 1 heterocycles. The summed E-state index contributed by atoms with van der Waals surface area (Å²) in [6.45, 7) is 7.24. The second-order valence-electron chi connectivity index (χ2n) is 3.96. The van der Waals surface area contributed by atoms with Crippen LogP contribution in [-0.4, -0.2) is 38.5 Å². The average molecular weight is 258 g/mol. The molecule has 0 aromatic carbocycles. The van der Waals surface area contributed by atoms with Crippen molar-refractivity contribution in [2.45, 2.75) is 26.3 Å². The van der Waals surface area contributed by atoms with Gasteiger partial charge in [0.15, 0.2) is 0 Å². The van der Waals surface area contributed by atoms with Gasteiger partial charge in [0.05, 0.1) is 19.3 Å². The molecule has 0 saturated carbocycles. The number of hydrogen-bond acceptors (Lipinski definition) is 5. The molecule has 0 aliphatic carbocycles. The van der Waals surface area contributed by atoms with Crippen LogP contribution in [0.25, 0.3) is 0 Å². The minimum Gasteiger partial charge on any atom is -0.382 e. The van der Waals surface area contributed by atoms with E-state index < -0.39 is 0 Å². The molecule has 0 aliphatic heterocycles. The van der Waals surface area contributed by atoms with Gasteiger partial charge >= 0.3 is 0 Å². The van der Waals surface area contributed by atoms with Crippen molar-refractivity contribution in [1.29, 1.82) is 0 Å². The molecule has 1 atom stereocenters. The number of rotatable bonds is 9. The Balaban J connectivity index is 2.03. The second kappa shape index (κ2) is 8.58. The fourth-order valence-corrected chi connectivity index (χ4v) is 2.22. The summed E-state index contributed by atoms with van der Waals surface area (Å²) in [7, 11) is 1.68. The Labute approximate surface area is 107 Å². The van der Waals surface area contributed by atoms with E-state index in [-0.39, 0.29) is 0 Å². The lowest BCUT2D eigenvalue weighted by atomic mass is 10.3. The van der Waals surface area contributed by atoms with E-state index in [4.69, 9.17) is 9.47 Å². The molecule has 5 heteroatoms. The Kier molecular flexibility index (Phi) is 7.35. The molecule has 98 valence electrons. The van der Waals surface area contributed by atoms with E-state index in [2.05, 4.69) is 22.6 Å². The van der Waals surface area contributed by atoms with E-state index in [0.717, 1.165) is 30.3 Å². The van der Waals surface area contributed by atoms with E-state index in [0.29, 0.717) is 19.3 Å². The number of hydrogen-bond donors (Lipinski definition) is 1. The van der Waals surface area contributed by atoms with Crippen LogP contribution < -0.4 is 5.32 Å². The van der Waals surface area contributed by atoms with Gasteiger partial charge in [-0.3, -0.25) is 0 Å². The number of aryl methyl sites for hydroxylation is 1. The summed E-state index contributed by atoms with van der Waals surface area (Å²) in [5.74, 6) is 0. The Morgan fingerprint density at radius 1 is 1.41 bits per heavy atom. The Morgan fingerprint density at radius 3 is 2.88 bits per heavy atom. The van der Waals surface area contributed by atoms with Crippen molar-refractivity contribution in [3.05, 3.63) is 16.1 Å². The lowest BCUT2D eigenvalue weighted by Gasteiger charge is -2.10. The quantitative estimate of drug-likeness (QED) is 0.689. The number of ether oxygens (including phenoxy) is 2. The number of aromatic nitrogens is 1. The van der Waals surface area contributed by atoms with Gasteiger partial charge in [-0.1, -0.05) is 0 Å². The summed E-state index contributed by atoms with van der Waals surface area (Å²) in [4.78, 5) is 4.46. The Bertz CT molecular complexity index is 304. The van der Waals surface area contributed by atoms with E-state index in [1.54, 1.807) is 18.4 Å². The van der Waals surface area contributed by atoms with Crippen molar-refractivity contribution in [2.24, 2.45) is 0 Å². The molecule has 0 aliphatic rings. The summed E-state index contributed by atoms with van der Waals surface area (Å²) >= 11 is 1.71. The van der Waals surface area contributed by atoms with E-state index in [1.165, 1.54) is 0 Å². The molecule has 4 nitrogen and oxygen atoms in total. The maximum atomic E-state index is 5.39.